The summed E-state index contributed by atoms with van der Waals surface area (Å²) in [6.07, 6.45) is 4.98. The number of amides is 2. The molecule has 1 heterocycles. The number of hydrogen-bond acceptors (Lipinski definition) is 4. The van der Waals surface area contributed by atoms with Crippen LogP contribution in [0.1, 0.15) is 6.42 Å². The second-order valence-corrected chi connectivity index (χ2v) is 3.60. The Hall–Kier alpha value is -2.09. The van der Waals surface area contributed by atoms with Crippen LogP contribution in [0.15, 0.2) is 18.7 Å². The van der Waals surface area contributed by atoms with Crippen LogP contribution in [0.2, 0.25) is 0 Å². The third kappa shape index (κ3) is 4.83. The molecular weight excluding hydrogens is 240 g/mol. The Bertz CT molecular complexity index is 379. The van der Waals surface area contributed by atoms with Crippen molar-refractivity contribution in [3.8, 4) is 0 Å². The molecule has 0 radical (unpaired) electrons. The minimum atomic E-state index is -1.17. The number of imidazole rings is 1. The van der Waals surface area contributed by atoms with Crippen molar-refractivity contribution in [3.05, 3.63) is 18.7 Å². The van der Waals surface area contributed by atoms with E-state index in [1.165, 1.54) is 0 Å². The van der Waals surface area contributed by atoms with E-state index < -0.39 is 18.0 Å². The van der Waals surface area contributed by atoms with Gasteiger partial charge in [0.1, 0.15) is 6.04 Å². The number of urea groups is 1. The molecule has 18 heavy (non-hydrogen) atoms. The lowest BCUT2D eigenvalue weighted by atomic mass is 10.2. The van der Waals surface area contributed by atoms with Gasteiger partial charge in [-0.25, -0.2) is 14.6 Å². The van der Waals surface area contributed by atoms with Gasteiger partial charge in [0.15, 0.2) is 0 Å². The van der Waals surface area contributed by atoms with Gasteiger partial charge in [0.25, 0.3) is 0 Å². The average Bonchev–Trinajstić information content (AvgIpc) is 2.81. The standard InChI is InChI=1S/C10H16N4O4/c15-6-1-8(9(16)17)13-10(18)12-3-5-14-4-2-11-7-14/h2,4,7-8,15H,1,3,5-6H2,(H,16,17)(H2,12,13,18). The third-order valence-electron chi connectivity index (χ3n) is 2.24. The largest absolute Gasteiger partial charge is 0.480 e. The second kappa shape index (κ2) is 7.28. The molecule has 1 unspecified atom stereocenters. The quantitative estimate of drug-likeness (QED) is 0.500. The van der Waals surface area contributed by atoms with Gasteiger partial charge in [-0.1, -0.05) is 0 Å². The molecular formula is C10H16N4O4. The minimum Gasteiger partial charge on any atom is -0.480 e. The smallest absolute Gasteiger partial charge is 0.326 e. The summed E-state index contributed by atoms with van der Waals surface area (Å²) < 4.78 is 1.78. The van der Waals surface area contributed by atoms with E-state index in [-0.39, 0.29) is 13.0 Å². The van der Waals surface area contributed by atoms with Crippen molar-refractivity contribution in [2.75, 3.05) is 13.2 Å². The first-order valence-corrected chi connectivity index (χ1v) is 5.47. The molecule has 1 aromatic rings. The van der Waals surface area contributed by atoms with Gasteiger partial charge in [0.2, 0.25) is 0 Å². The summed E-state index contributed by atoms with van der Waals surface area (Å²) in [4.78, 5) is 25.9. The molecule has 0 saturated heterocycles. The van der Waals surface area contributed by atoms with Gasteiger partial charge >= 0.3 is 12.0 Å². The van der Waals surface area contributed by atoms with Crippen LogP contribution < -0.4 is 10.6 Å². The molecule has 0 aliphatic heterocycles. The molecule has 100 valence electrons. The molecule has 0 spiro atoms. The molecule has 2 amide bonds. The van der Waals surface area contributed by atoms with E-state index in [4.69, 9.17) is 10.2 Å². The van der Waals surface area contributed by atoms with Gasteiger partial charge in [-0.15, -0.1) is 0 Å². The van der Waals surface area contributed by atoms with E-state index in [0.717, 1.165) is 0 Å². The first kappa shape index (κ1) is 14.0. The Morgan fingerprint density at radius 1 is 1.44 bits per heavy atom. The van der Waals surface area contributed by atoms with Crippen LogP contribution in [-0.4, -0.2) is 51.0 Å². The van der Waals surface area contributed by atoms with Crippen LogP contribution in [-0.2, 0) is 11.3 Å². The monoisotopic (exact) mass is 256 g/mol. The van der Waals surface area contributed by atoms with E-state index in [2.05, 4.69) is 15.6 Å². The minimum absolute atomic E-state index is 0.0235. The zero-order valence-electron chi connectivity index (χ0n) is 9.74. The SMILES string of the molecule is O=C(NCCn1ccnc1)NC(CCO)C(=O)O. The van der Waals surface area contributed by atoms with Crippen LogP contribution in [0.25, 0.3) is 0 Å². The van der Waals surface area contributed by atoms with Crippen LogP contribution in [0.5, 0.6) is 0 Å². The second-order valence-electron chi connectivity index (χ2n) is 3.60. The van der Waals surface area contributed by atoms with Gasteiger partial charge < -0.3 is 25.4 Å². The molecule has 0 aliphatic carbocycles. The van der Waals surface area contributed by atoms with E-state index in [0.29, 0.717) is 13.1 Å². The Morgan fingerprint density at radius 2 is 2.22 bits per heavy atom. The van der Waals surface area contributed by atoms with Crippen LogP contribution >= 0.6 is 0 Å². The van der Waals surface area contributed by atoms with Gasteiger partial charge in [0.05, 0.1) is 6.33 Å². The van der Waals surface area contributed by atoms with Crippen molar-refractivity contribution in [1.82, 2.24) is 20.2 Å². The van der Waals surface area contributed by atoms with Gasteiger partial charge in [-0.3, -0.25) is 0 Å². The maximum absolute atomic E-state index is 11.4. The van der Waals surface area contributed by atoms with Gasteiger partial charge in [-0.05, 0) is 0 Å². The Morgan fingerprint density at radius 3 is 2.78 bits per heavy atom. The first-order valence-electron chi connectivity index (χ1n) is 5.47. The van der Waals surface area contributed by atoms with Crippen molar-refractivity contribution >= 4 is 12.0 Å². The van der Waals surface area contributed by atoms with Gasteiger partial charge in [-0.2, -0.15) is 0 Å². The summed E-state index contributed by atoms with van der Waals surface area (Å²) in [5, 5.41) is 22.2. The average molecular weight is 256 g/mol. The third-order valence-corrected chi connectivity index (χ3v) is 2.24. The maximum Gasteiger partial charge on any atom is 0.326 e. The highest BCUT2D eigenvalue weighted by Gasteiger charge is 2.18. The highest BCUT2D eigenvalue weighted by atomic mass is 16.4. The number of hydrogen-bond donors (Lipinski definition) is 4. The van der Waals surface area contributed by atoms with Gasteiger partial charge in [0, 0.05) is 38.5 Å². The summed E-state index contributed by atoms with van der Waals surface area (Å²) in [5.41, 5.74) is 0. The summed E-state index contributed by atoms with van der Waals surface area (Å²) in [7, 11) is 0. The molecule has 0 bridgehead atoms. The first-order chi connectivity index (χ1) is 8.63. The number of carbonyl (C=O) groups is 2. The molecule has 4 N–H and O–H groups in total. The molecule has 0 aliphatic rings. The molecule has 0 saturated carbocycles. The molecule has 0 aromatic carbocycles. The number of carbonyl (C=O) groups excluding carboxylic acids is 1. The molecule has 1 aromatic heterocycles. The summed E-state index contributed by atoms with van der Waals surface area (Å²) in [6.45, 7) is 0.602. The number of aliphatic carboxylic acids is 1. The zero-order chi connectivity index (χ0) is 13.4. The molecule has 1 atom stereocenters. The fourth-order valence-electron chi connectivity index (χ4n) is 1.31. The van der Waals surface area contributed by atoms with E-state index in [1.54, 1.807) is 23.3 Å². The number of aliphatic hydroxyl groups is 1. The predicted molar refractivity (Wildman–Crippen MR) is 61.9 cm³/mol. The number of nitrogens with one attached hydrogen (secondary N) is 2. The zero-order valence-corrected chi connectivity index (χ0v) is 9.74. The highest BCUT2D eigenvalue weighted by molar-refractivity contribution is 5.82. The normalized spacial score (nSPS) is 11.8. The predicted octanol–water partition coefficient (Wildman–Crippen LogP) is -0.982. The topological polar surface area (TPSA) is 116 Å². The summed E-state index contributed by atoms with van der Waals surface area (Å²) in [5.74, 6) is -1.17. The maximum atomic E-state index is 11.4. The van der Waals surface area contributed by atoms with Crippen molar-refractivity contribution in [1.29, 1.82) is 0 Å². The molecule has 1 rings (SSSR count). The van der Waals surface area contributed by atoms with Crippen molar-refractivity contribution in [2.45, 2.75) is 19.0 Å². The lowest BCUT2D eigenvalue weighted by Gasteiger charge is -2.14. The molecule has 8 heteroatoms. The highest BCUT2D eigenvalue weighted by Crippen LogP contribution is 1.91. The van der Waals surface area contributed by atoms with Crippen LogP contribution in [0.4, 0.5) is 4.79 Å². The number of carboxylic acids is 1. The van der Waals surface area contributed by atoms with E-state index >= 15 is 0 Å². The van der Waals surface area contributed by atoms with E-state index in [9.17, 15) is 9.59 Å². The van der Waals surface area contributed by atoms with Crippen molar-refractivity contribution in [3.63, 3.8) is 0 Å². The Labute approximate surface area is 104 Å². The van der Waals surface area contributed by atoms with Crippen molar-refractivity contribution in [2.24, 2.45) is 0 Å². The number of aromatic nitrogens is 2. The van der Waals surface area contributed by atoms with Crippen molar-refractivity contribution < 1.29 is 19.8 Å². The number of nitrogens with zero attached hydrogens (tertiary/aromatic N) is 2. The Balaban J connectivity index is 2.25. The molecule has 0 fully saturated rings. The fourth-order valence-corrected chi connectivity index (χ4v) is 1.31. The lowest BCUT2D eigenvalue weighted by molar-refractivity contribution is -0.139. The van der Waals surface area contributed by atoms with E-state index in [1.807, 2.05) is 0 Å². The summed E-state index contributed by atoms with van der Waals surface area (Å²) in [6, 6.07) is -1.65. The Kier molecular flexibility index (Phi) is 5.65. The molecule has 8 nitrogen and oxygen atoms in total. The number of aliphatic hydroxyl groups excluding tert-OH is 1. The summed E-state index contributed by atoms with van der Waals surface area (Å²) >= 11 is 0. The fraction of sp³-hybridized carbons (Fsp3) is 0.500. The number of carboxylic acid groups (broad SMARTS) is 1. The number of rotatable bonds is 7. The van der Waals surface area contributed by atoms with Crippen LogP contribution in [0, 0.1) is 0 Å². The lowest BCUT2D eigenvalue weighted by Crippen LogP contribution is -2.47. The van der Waals surface area contributed by atoms with Crippen LogP contribution in [0.3, 0.4) is 0 Å².